The topological polar surface area (TPSA) is 64.0 Å². The zero-order valence-electron chi connectivity index (χ0n) is 11.0. The molecule has 0 fully saturated rings. The van der Waals surface area contributed by atoms with Crippen LogP contribution in [-0.2, 0) is 16.4 Å². The Hall–Kier alpha value is -0.590. The van der Waals surface area contributed by atoms with Gasteiger partial charge in [-0.1, -0.05) is 25.4 Å². The van der Waals surface area contributed by atoms with Crippen LogP contribution in [0.25, 0.3) is 0 Å². The van der Waals surface area contributed by atoms with Crippen molar-refractivity contribution < 1.29 is 8.42 Å². The van der Waals surface area contributed by atoms with Gasteiger partial charge in [0.15, 0.2) is 0 Å². The summed E-state index contributed by atoms with van der Waals surface area (Å²) in [5, 5.41) is 7.86. The molecule has 1 atom stereocenters. The van der Waals surface area contributed by atoms with Gasteiger partial charge in [0.25, 0.3) is 0 Å². The smallest absolute Gasteiger partial charge is 0.149 e. The van der Waals surface area contributed by atoms with Gasteiger partial charge in [0, 0.05) is 12.8 Å². The molecule has 7 heteroatoms. The molecule has 1 unspecified atom stereocenters. The van der Waals surface area contributed by atoms with Crippen LogP contribution in [0.4, 0.5) is 0 Å². The molecule has 1 rings (SSSR count). The summed E-state index contributed by atoms with van der Waals surface area (Å²) in [6.45, 7) is 5.38. The van der Waals surface area contributed by atoms with Crippen LogP contribution in [0, 0.1) is 0 Å². The molecule has 18 heavy (non-hydrogen) atoms. The zero-order valence-corrected chi connectivity index (χ0v) is 12.6. The fourth-order valence-electron chi connectivity index (χ4n) is 1.89. The number of rotatable bonds is 7. The summed E-state index contributed by atoms with van der Waals surface area (Å²) in [6.07, 6.45) is 3.72. The number of aromatic nitrogens is 2. The van der Waals surface area contributed by atoms with E-state index >= 15 is 0 Å². The van der Waals surface area contributed by atoms with Gasteiger partial charge in [-0.2, -0.15) is 5.10 Å². The van der Waals surface area contributed by atoms with E-state index in [2.05, 4.69) is 10.4 Å². The van der Waals surface area contributed by atoms with Crippen LogP contribution in [0.5, 0.6) is 0 Å². The van der Waals surface area contributed by atoms with Crippen molar-refractivity contribution in [1.82, 2.24) is 15.1 Å². The molecule has 0 aromatic carbocycles. The Balaban J connectivity index is 3.08. The molecule has 1 heterocycles. The lowest BCUT2D eigenvalue weighted by Gasteiger charge is -2.19. The van der Waals surface area contributed by atoms with Crippen LogP contribution < -0.4 is 5.32 Å². The van der Waals surface area contributed by atoms with Gasteiger partial charge in [-0.25, -0.2) is 8.42 Å². The highest BCUT2D eigenvalue weighted by molar-refractivity contribution is 7.90. The second-order valence-electron chi connectivity index (χ2n) is 4.30. The van der Waals surface area contributed by atoms with E-state index in [1.807, 2.05) is 13.8 Å². The highest BCUT2D eigenvalue weighted by Gasteiger charge is 2.23. The van der Waals surface area contributed by atoms with Gasteiger partial charge in [0.05, 0.1) is 28.7 Å². The molecule has 1 aromatic heterocycles. The van der Waals surface area contributed by atoms with Gasteiger partial charge >= 0.3 is 0 Å². The predicted molar refractivity (Wildman–Crippen MR) is 73.7 cm³/mol. The van der Waals surface area contributed by atoms with Crippen LogP contribution in [-0.4, -0.2) is 36.8 Å². The normalized spacial score (nSPS) is 13.8. The van der Waals surface area contributed by atoms with E-state index in [4.69, 9.17) is 11.6 Å². The zero-order chi connectivity index (χ0) is 13.8. The number of nitrogens with one attached hydrogen (secondary N) is 1. The number of sulfone groups is 1. The fourth-order valence-corrected chi connectivity index (χ4v) is 3.05. The summed E-state index contributed by atoms with van der Waals surface area (Å²) < 4.78 is 24.7. The molecule has 1 aromatic rings. The molecule has 0 aliphatic carbocycles. The molecule has 0 bridgehead atoms. The first kappa shape index (κ1) is 15.5. The monoisotopic (exact) mass is 293 g/mol. The highest BCUT2D eigenvalue weighted by atomic mass is 35.5. The average Bonchev–Trinajstić information content (AvgIpc) is 2.58. The Morgan fingerprint density at radius 2 is 2.17 bits per heavy atom. The van der Waals surface area contributed by atoms with Crippen LogP contribution in [0.2, 0.25) is 5.02 Å². The van der Waals surface area contributed by atoms with E-state index < -0.39 is 9.84 Å². The maximum Gasteiger partial charge on any atom is 0.149 e. The Kier molecular flexibility index (Phi) is 5.62. The maximum atomic E-state index is 11.5. The molecule has 0 saturated carbocycles. The molecular formula is C11H20ClN3O2S. The van der Waals surface area contributed by atoms with Crippen molar-refractivity contribution >= 4 is 21.4 Å². The van der Waals surface area contributed by atoms with Gasteiger partial charge in [-0.05, 0) is 13.0 Å². The Labute approximate surface area is 113 Å². The fraction of sp³-hybridized carbons (Fsp3) is 0.727. The van der Waals surface area contributed by atoms with Crippen molar-refractivity contribution in [2.24, 2.45) is 0 Å². The largest absolute Gasteiger partial charge is 0.308 e. The van der Waals surface area contributed by atoms with Gasteiger partial charge < -0.3 is 5.32 Å². The van der Waals surface area contributed by atoms with Crippen LogP contribution in [0.3, 0.4) is 0 Å². The van der Waals surface area contributed by atoms with Gasteiger partial charge in [-0.15, -0.1) is 0 Å². The first-order chi connectivity index (χ1) is 8.39. The van der Waals surface area contributed by atoms with Gasteiger partial charge in [0.1, 0.15) is 9.84 Å². The molecule has 0 aliphatic heterocycles. The lowest BCUT2D eigenvalue weighted by molar-refractivity contribution is 0.499. The predicted octanol–water partition coefficient (Wildman–Crippen LogP) is 1.64. The molecule has 0 aliphatic rings. The van der Waals surface area contributed by atoms with Crippen LogP contribution in [0.15, 0.2) is 6.20 Å². The first-order valence-corrected chi connectivity index (χ1v) is 8.45. The molecule has 5 nitrogen and oxygen atoms in total. The summed E-state index contributed by atoms with van der Waals surface area (Å²) >= 11 is 6.12. The second-order valence-corrected chi connectivity index (χ2v) is 6.90. The molecule has 0 amide bonds. The average molecular weight is 294 g/mol. The number of halogens is 1. The summed E-state index contributed by atoms with van der Waals surface area (Å²) in [6, 6.07) is -0.313. The van der Waals surface area contributed by atoms with Crippen molar-refractivity contribution in [3.63, 3.8) is 0 Å². The number of hydrogen-bond acceptors (Lipinski definition) is 4. The minimum atomic E-state index is -3.08. The summed E-state index contributed by atoms with van der Waals surface area (Å²) in [4.78, 5) is 0. The van der Waals surface area contributed by atoms with Gasteiger partial charge in [0.2, 0.25) is 0 Å². The van der Waals surface area contributed by atoms with E-state index in [0.717, 1.165) is 18.7 Å². The minimum Gasteiger partial charge on any atom is -0.308 e. The Morgan fingerprint density at radius 3 is 2.67 bits per heavy atom. The summed E-state index contributed by atoms with van der Waals surface area (Å²) in [5.41, 5.74) is 0.755. The van der Waals surface area contributed by atoms with E-state index in [-0.39, 0.29) is 11.8 Å². The van der Waals surface area contributed by atoms with E-state index in [9.17, 15) is 8.42 Å². The third kappa shape index (κ3) is 4.26. The van der Waals surface area contributed by atoms with Crippen molar-refractivity contribution in [2.45, 2.75) is 32.9 Å². The van der Waals surface area contributed by atoms with E-state index in [1.165, 1.54) is 6.26 Å². The van der Waals surface area contributed by atoms with Crippen LogP contribution in [0.1, 0.15) is 32.0 Å². The lowest BCUT2D eigenvalue weighted by atomic mass is 10.2. The van der Waals surface area contributed by atoms with Crippen LogP contribution >= 0.6 is 11.6 Å². The number of hydrogen-bond donors (Lipinski definition) is 1. The minimum absolute atomic E-state index is 0.0238. The van der Waals surface area contributed by atoms with Crippen molar-refractivity contribution in [3.8, 4) is 0 Å². The van der Waals surface area contributed by atoms with E-state index in [0.29, 0.717) is 11.6 Å². The molecule has 104 valence electrons. The van der Waals surface area contributed by atoms with Crippen molar-refractivity contribution in [1.29, 1.82) is 0 Å². The summed E-state index contributed by atoms with van der Waals surface area (Å²) in [5.74, 6) is 0.0238. The maximum absolute atomic E-state index is 11.5. The SMILES string of the molecule is CCCn1ncc(Cl)c1C(CS(C)(=O)=O)NCC. The molecular weight excluding hydrogens is 274 g/mol. The molecule has 0 radical (unpaired) electrons. The number of nitrogens with zero attached hydrogens (tertiary/aromatic N) is 2. The highest BCUT2D eigenvalue weighted by Crippen LogP contribution is 2.24. The lowest BCUT2D eigenvalue weighted by Crippen LogP contribution is -2.30. The van der Waals surface area contributed by atoms with Gasteiger partial charge in [-0.3, -0.25) is 4.68 Å². The third-order valence-electron chi connectivity index (χ3n) is 2.52. The standard InChI is InChI=1S/C11H20ClN3O2S/c1-4-6-15-11(9(12)7-14-15)10(13-5-2)8-18(3,16)17/h7,10,13H,4-6,8H2,1-3H3. The molecule has 0 spiro atoms. The second kappa shape index (κ2) is 6.54. The first-order valence-electron chi connectivity index (χ1n) is 6.01. The quantitative estimate of drug-likeness (QED) is 0.830. The third-order valence-corrected chi connectivity index (χ3v) is 3.75. The van der Waals surface area contributed by atoms with E-state index in [1.54, 1.807) is 10.9 Å². The summed E-state index contributed by atoms with van der Waals surface area (Å²) in [7, 11) is -3.08. The Bertz CT molecular complexity index is 484. The van der Waals surface area contributed by atoms with Crippen molar-refractivity contribution in [2.75, 3.05) is 18.6 Å². The molecule has 1 N–H and O–H groups in total. The number of aryl methyl sites for hydroxylation is 1. The Morgan fingerprint density at radius 1 is 1.50 bits per heavy atom. The molecule has 0 saturated heterocycles. The van der Waals surface area contributed by atoms with Crippen molar-refractivity contribution in [3.05, 3.63) is 16.9 Å².